The predicted octanol–water partition coefficient (Wildman–Crippen LogP) is 1.61. The summed E-state index contributed by atoms with van der Waals surface area (Å²) in [6, 6.07) is 7.19. The summed E-state index contributed by atoms with van der Waals surface area (Å²) in [4.78, 5) is 11.9. The number of benzene rings is 1. The van der Waals surface area contributed by atoms with Gasteiger partial charge in [0.05, 0.1) is 0 Å². The maximum Gasteiger partial charge on any atom is 0.273 e. The topological polar surface area (TPSA) is 86.2 Å². The van der Waals surface area contributed by atoms with Crippen LogP contribution in [0.15, 0.2) is 35.3 Å². The highest BCUT2D eigenvalue weighted by molar-refractivity contribution is 7.80. The predicted molar refractivity (Wildman–Crippen MR) is 83.9 cm³/mol. The summed E-state index contributed by atoms with van der Waals surface area (Å²) in [5.41, 5.74) is 3.34. The fourth-order valence-corrected chi connectivity index (χ4v) is 2.45. The first-order chi connectivity index (χ1) is 9.92. The lowest BCUT2D eigenvalue weighted by molar-refractivity contribution is 0.542. The van der Waals surface area contributed by atoms with Gasteiger partial charge in [0, 0.05) is 42.8 Å². The summed E-state index contributed by atoms with van der Waals surface area (Å²) in [5.74, 6) is 0. The summed E-state index contributed by atoms with van der Waals surface area (Å²) in [5, 5.41) is 2.86. The van der Waals surface area contributed by atoms with Crippen LogP contribution in [0.3, 0.4) is 0 Å². The zero-order valence-corrected chi connectivity index (χ0v) is 12.8. The Labute approximate surface area is 125 Å². The Morgan fingerprint density at radius 2 is 1.86 bits per heavy atom. The van der Waals surface area contributed by atoms with Crippen molar-refractivity contribution in [2.24, 2.45) is 7.05 Å². The highest BCUT2D eigenvalue weighted by Crippen LogP contribution is 2.26. The Morgan fingerprint density at radius 3 is 2.48 bits per heavy atom. The van der Waals surface area contributed by atoms with Gasteiger partial charge in [0.1, 0.15) is 5.69 Å². The Kier molecular flexibility index (Phi) is 4.44. The standard InChI is InChI=1S/C14H17N3O3S/c1-9-4-5-10(6-12(9)16-21(19)20)11-7-13(15-2)14(18)17(3)8-11/h4-8,15-16H,1-3H3,(H,19,20)/p-1. The largest absolute Gasteiger partial charge is 0.755 e. The first-order valence-corrected chi connectivity index (χ1v) is 7.35. The number of anilines is 2. The van der Waals surface area contributed by atoms with Crippen LogP contribution in [0.25, 0.3) is 11.1 Å². The Balaban J connectivity index is 2.54. The zero-order chi connectivity index (χ0) is 15.6. The van der Waals surface area contributed by atoms with Crippen LogP contribution in [0.4, 0.5) is 11.4 Å². The lowest BCUT2D eigenvalue weighted by Gasteiger charge is -2.14. The summed E-state index contributed by atoms with van der Waals surface area (Å²) < 4.78 is 25.5. The smallest absolute Gasteiger partial charge is 0.273 e. The number of nitrogens with zero attached hydrogens (tertiary/aromatic N) is 1. The second kappa shape index (κ2) is 6.11. The van der Waals surface area contributed by atoms with E-state index in [9.17, 15) is 13.6 Å². The highest BCUT2D eigenvalue weighted by atomic mass is 32.2. The SMILES string of the molecule is CNc1cc(-c2ccc(C)c(NS(=O)[O-])c2)cn(C)c1=O. The van der Waals surface area contributed by atoms with Gasteiger partial charge in [0.2, 0.25) is 0 Å². The van der Waals surface area contributed by atoms with E-state index in [0.29, 0.717) is 11.4 Å². The molecule has 0 amide bonds. The van der Waals surface area contributed by atoms with Gasteiger partial charge in [0.15, 0.2) is 0 Å². The van der Waals surface area contributed by atoms with Crippen molar-refractivity contribution in [3.8, 4) is 11.1 Å². The molecule has 2 rings (SSSR count). The molecular weight excluding hydrogens is 290 g/mol. The van der Waals surface area contributed by atoms with E-state index in [0.717, 1.165) is 16.7 Å². The molecule has 2 aromatic rings. The van der Waals surface area contributed by atoms with Crippen LogP contribution in [-0.4, -0.2) is 20.4 Å². The minimum Gasteiger partial charge on any atom is -0.755 e. The summed E-state index contributed by atoms with van der Waals surface area (Å²) in [7, 11) is 3.36. The minimum absolute atomic E-state index is 0.118. The fourth-order valence-electron chi connectivity index (χ4n) is 2.05. The third-order valence-corrected chi connectivity index (χ3v) is 3.60. The van der Waals surface area contributed by atoms with E-state index in [-0.39, 0.29) is 5.56 Å². The van der Waals surface area contributed by atoms with Crippen LogP contribution in [-0.2, 0) is 18.3 Å². The average Bonchev–Trinajstić information content (AvgIpc) is 2.43. The molecule has 6 nitrogen and oxygen atoms in total. The number of nitrogens with one attached hydrogen (secondary N) is 2. The molecular formula is C14H16N3O3S-. The average molecular weight is 306 g/mol. The zero-order valence-electron chi connectivity index (χ0n) is 12.0. The third-order valence-electron chi connectivity index (χ3n) is 3.22. The Morgan fingerprint density at radius 1 is 1.19 bits per heavy atom. The minimum atomic E-state index is -2.37. The van der Waals surface area contributed by atoms with Crippen LogP contribution >= 0.6 is 0 Å². The van der Waals surface area contributed by atoms with E-state index in [4.69, 9.17) is 0 Å². The monoisotopic (exact) mass is 306 g/mol. The number of hydrogen-bond donors (Lipinski definition) is 2. The van der Waals surface area contributed by atoms with Crippen molar-refractivity contribution < 1.29 is 8.76 Å². The summed E-state index contributed by atoms with van der Waals surface area (Å²) >= 11 is -2.37. The second-order valence-electron chi connectivity index (χ2n) is 4.67. The van der Waals surface area contributed by atoms with E-state index >= 15 is 0 Å². The van der Waals surface area contributed by atoms with Crippen molar-refractivity contribution >= 4 is 22.6 Å². The van der Waals surface area contributed by atoms with Gasteiger partial charge >= 0.3 is 0 Å². The van der Waals surface area contributed by atoms with Gasteiger partial charge in [-0.25, -0.2) is 0 Å². The maximum absolute atomic E-state index is 11.9. The number of aryl methyl sites for hydroxylation is 2. The molecule has 1 aromatic carbocycles. The van der Waals surface area contributed by atoms with Gasteiger partial charge in [-0.3, -0.25) is 9.00 Å². The molecule has 112 valence electrons. The molecule has 0 aliphatic rings. The summed E-state index contributed by atoms with van der Waals surface area (Å²) in [6.45, 7) is 1.82. The van der Waals surface area contributed by atoms with Crippen LogP contribution in [0.2, 0.25) is 0 Å². The van der Waals surface area contributed by atoms with Crippen molar-refractivity contribution in [3.05, 3.63) is 46.4 Å². The van der Waals surface area contributed by atoms with Gasteiger partial charge < -0.3 is 19.2 Å². The molecule has 0 saturated heterocycles. The van der Waals surface area contributed by atoms with E-state index in [1.807, 2.05) is 19.1 Å². The molecule has 1 heterocycles. The van der Waals surface area contributed by atoms with Crippen molar-refractivity contribution in [3.63, 3.8) is 0 Å². The normalized spacial score (nSPS) is 12.0. The first-order valence-electron chi connectivity index (χ1n) is 6.27. The molecule has 0 aliphatic heterocycles. The van der Waals surface area contributed by atoms with Crippen molar-refractivity contribution in [1.29, 1.82) is 0 Å². The van der Waals surface area contributed by atoms with Crippen molar-refractivity contribution in [2.45, 2.75) is 6.92 Å². The summed E-state index contributed by atoms with van der Waals surface area (Å²) in [6.07, 6.45) is 1.71. The maximum atomic E-state index is 11.9. The lowest BCUT2D eigenvalue weighted by Crippen LogP contribution is -2.19. The molecule has 7 heteroatoms. The molecule has 0 saturated carbocycles. The van der Waals surface area contributed by atoms with Gasteiger partial charge in [-0.15, -0.1) is 0 Å². The molecule has 21 heavy (non-hydrogen) atoms. The van der Waals surface area contributed by atoms with Gasteiger partial charge in [-0.2, -0.15) is 0 Å². The number of aromatic nitrogens is 1. The molecule has 0 bridgehead atoms. The second-order valence-corrected chi connectivity index (χ2v) is 5.35. The molecule has 1 atom stereocenters. The molecule has 0 aliphatic carbocycles. The van der Waals surface area contributed by atoms with E-state index in [2.05, 4.69) is 10.0 Å². The Hall–Kier alpha value is -2.12. The molecule has 2 N–H and O–H groups in total. The van der Waals surface area contributed by atoms with Crippen LogP contribution in [0, 0.1) is 6.92 Å². The fraction of sp³-hybridized carbons (Fsp3) is 0.214. The molecule has 0 radical (unpaired) electrons. The molecule has 1 unspecified atom stereocenters. The quantitative estimate of drug-likeness (QED) is 0.840. The lowest BCUT2D eigenvalue weighted by atomic mass is 10.0. The van der Waals surface area contributed by atoms with Crippen LogP contribution in [0.1, 0.15) is 5.56 Å². The van der Waals surface area contributed by atoms with E-state index in [1.165, 1.54) is 4.57 Å². The van der Waals surface area contributed by atoms with Crippen molar-refractivity contribution in [2.75, 3.05) is 17.1 Å². The number of hydrogen-bond acceptors (Lipinski definition) is 4. The molecule has 0 spiro atoms. The Bertz CT molecular complexity index is 756. The van der Waals surface area contributed by atoms with Gasteiger partial charge in [0.25, 0.3) is 5.56 Å². The number of rotatable bonds is 4. The molecule has 0 fully saturated rings. The third kappa shape index (κ3) is 3.32. The molecule has 1 aromatic heterocycles. The van der Waals surface area contributed by atoms with Crippen LogP contribution < -0.4 is 15.6 Å². The van der Waals surface area contributed by atoms with Crippen molar-refractivity contribution in [1.82, 2.24) is 4.57 Å². The highest BCUT2D eigenvalue weighted by Gasteiger charge is 2.07. The van der Waals surface area contributed by atoms with Crippen LogP contribution in [0.5, 0.6) is 0 Å². The van der Waals surface area contributed by atoms with E-state index in [1.54, 1.807) is 32.4 Å². The van der Waals surface area contributed by atoms with Gasteiger partial charge in [-0.05, 0) is 30.2 Å². The van der Waals surface area contributed by atoms with E-state index < -0.39 is 11.3 Å². The number of pyridine rings is 1. The van der Waals surface area contributed by atoms with Gasteiger partial charge in [-0.1, -0.05) is 12.1 Å². The first kappa shape index (κ1) is 15.3.